The smallest absolute Gasteiger partial charge is 0.0102 e. The summed E-state index contributed by atoms with van der Waals surface area (Å²) in [5.74, 6) is 2.67. The van der Waals surface area contributed by atoms with E-state index in [2.05, 4.69) is 30.3 Å². The second-order valence-electron chi connectivity index (χ2n) is 4.93. The molecular weight excluding hydrogens is 170 g/mol. The van der Waals surface area contributed by atoms with Crippen molar-refractivity contribution in [3.05, 3.63) is 35.9 Å². The fourth-order valence-electron chi connectivity index (χ4n) is 3.12. The third kappa shape index (κ3) is 1.36. The monoisotopic (exact) mass is 187 g/mol. The van der Waals surface area contributed by atoms with Crippen LogP contribution in [0.15, 0.2) is 30.3 Å². The Balaban J connectivity index is 1.60. The van der Waals surface area contributed by atoms with Crippen molar-refractivity contribution in [3.8, 4) is 0 Å². The lowest BCUT2D eigenvalue weighted by molar-refractivity contribution is 0.468. The van der Waals surface area contributed by atoms with Crippen molar-refractivity contribution in [1.82, 2.24) is 0 Å². The quantitative estimate of drug-likeness (QED) is 0.754. The third-order valence-electron chi connectivity index (χ3n) is 3.98. The van der Waals surface area contributed by atoms with Crippen molar-refractivity contribution in [2.75, 3.05) is 0 Å². The number of rotatable bonds is 2. The lowest BCUT2D eigenvalue weighted by Gasteiger charge is -2.12. The van der Waals surface area contributed by atoms with Crippen molar-refractivity contribution in [2.24, 2.45) is 23.5 Å². The summed E-state index contributed by atoms with van der Waals surface area (Å²) in [6.45, 7) is 0. The van der Waals surface area contributed by atoms with Crippen molar-refractivity contribution >= 4 is 0 Å². The van der Waals surface area contributed by atoms with Crippen LogP contribution in [0, 0.1) is 17.8 Å². The van der Waals surface area contributed by atoms with Gasteiger partial charge in [0.15, 0.2) is 0 Å². The molecule has 2 N–H and O–H groups in total. The summed E-state index contributed by atoms with van der Waals surface area (Å²) < 4.78 is 0. The van der Waals surface area contributed by atoms with E-state index in [9.17, 15) is 0 Å². The van der Waals surface area contributed by atoms with E-state index >= 15 is 0 Å². The van der Waals surface area contributed by atoms with E-state index in [4.69, 9.17) is 5.73 Å². The third-order valence-corrected chi connectivity index (χ3v) is 3.98. The fourth-order valence-corrected chi connectivity index (χ4v) is 3.12. The Hall–Kier alpha value is -0.820. The van der Waals surface area contributed by atoms with Gasteiger partial charge in [0, 0.05) is 6.04 Å². The first-order valence-electron chi connectivity index (χ1n) is 5.64. The number of fused-ring (bicyclic) bond motifs is 1. The van der Waals surface area contributed by atoms with Crippen LogP contribution in [0.4, 0.5) is 0 Å². The molecule has 2 unspecified atom stereocenters. The van der Waals surface area contributed by atoms with Gasteiger partial charge in [0.1, 0.15) is 0 Å². The molecule has 1 aromatic rings. The second-order valence-corrected chi connectivity index (χ2v) is 4.93. The molecule has 0 aliphatic heterocycles. The highest BCUT2D eigenvalue weighted by Crippen LogP contribution is 2.53. The summed E-state index contributed by atoms with van der Waals surface area (Å²) in [6.07, 6.45) is 4.02. The maximum Gasteiger partial charge on any atom is 0.0102 e. The van der Waals surface area contributed by atoms with Gasteiger partial charge in [0.05, 0.1) is 0 Å². The predicted molar refractivity (Wildman–Crippen MR) is 57.8 cm³/mol. The molecule has 0 aromatic heterocycles. The van der Waals surface area contributed by atoms with Gasteiger partial charge in [-0.2, -0.15) is 0 Å². The van der Waals surface area contributed by atoms with Crippen LogP contribution < -0.4 is 5.73 Å². The first-order chi connectivity index (χ1) is 6.84. The van der Waals surface area contributed by atoms with Crippen LogP contribution in [0.3, 0.4) is 0 Å². The minimum absolute atomic E-state index is 0.557. The molecule has 0 radical (unpaired) electrons. The molecule has 3 rings (SSSR count). The molecule has 1 aromatic carbocycles. The molecular formula is C13H17N. The zero-order valence-corrected chi connectivity index (χ0v) is 8.39. The highest BCUT2D eigenvalue weighted by Gasteiger charge is 2.53. The van der Waals surface area contributed by atoms with E-state index in [0.717, 1.165) is 17.8 Å². The minimum atomic E-state index is 0.557. The summed E-state index contributed by atoms with van der Waals surface area (Å²) in [5.41, 5.74) is 7.42. The first-order valence-corrected chi connectivity index (χ1v) is 5.64. The average Bonchev–Trinajstić information content (AvgIpc) is 2.65. The van der Waals surface area contributed by atoms with Crippen molar-refractivity contribution in [3.63, 3.8) is 0 Å². The molecule has 14 heavy (non-hydrogen) atoms. The zero-order chi connectivity index (χ0) is 9.54. The van der Waals surface area contributed by atoms with Crippen LogP contribution in [0.25, 0.3) is 0 Å². The molecule has 0 spiro atoms. The van der Waals surface area contributed by atoms with Gasteiger partial charge in [0.25, 0.3) is 0 Å². The summed E-state index contributed by atoms with van der Waals surface area (Å²) in [5, 5.41) is 0. The van der Waals surface area contributed by atoms with Crippen LogP contribution in [-0.2, 0) is 6.42 Å². The molecule has 74 valence electrons. The molecule has 0 heterocycles. The molecule has 1 heteroatoms. The Morgan fingerprint density at radius 2 is 1.71 bits per heavy atom. The second kappa shape index (κ2) is 3.09. The lowest BCUT2D eigenvalue weighted by Crippen LogP contribution is -2.12. The Morgan fingerprint density at radius 1 is 1.07 bits per heavy atom. The van der Waals surface area contributed by atoms with Crippen molar-refractivity contribution in [1.29, 1.82) is 0 Å². The van der Waals surface area contributed by atoms with Crippen LogP contribution >= 0.6 is 0 Å². The van der Waals surface area contributed by atoms with E-state index in [1.54, 1.807) is 0 Å². The standard InChI is InChI=1S/C13H17N/c14-13-11-7-10(8-12(11)13)6-9-4-2-1-3-5-9/h1-5,10-13H,6-8,14H2/t10?,11-,12+,13?. The Kier molecular flexibility index (Phi) is 1.88. The fraction of sp³-hybridized carbons (Fsp3) is 0.538. The number of hydrogen-bond acceptors (Lipinski definition) is 1. The topological polar surface area (TPSA) is 26.0 Å². The largest absolute Gasteiger partial charge is 0.327 e. The SMILES string of the molecule is NC1[C@H]2CC(Cc3ccccc3)C[C@@H]12. The van der Waals surface area contributed by atoms with E-state index in [1.807, 2.05) is 0 Å². The molecule has 1 nitrogen and oxygen atoms in total. The van der Waals surface area contributed by atoms with Gasteiger partial charge in [-0.15, -0.1) is 0 Å². The normalized spacial score (nSPS) is 39.5. The van der Waals surface area contributed by atoms with Gasteiger partial charge < -0.3 is 5.73 Å². The lowest BCUT2D eigenvalue weighted by atomic mass is 9.94. The molecule has 0 saturated heterocycles. The van der Waals surface area contributed by atoms with Crippen LogP contribution in [-0.4, -0.2) is 6.04 Å². The number of benzene rings is 1. The van der Waals surface area contributed by atoms with Crippen molar-refractivity contribution in [2.45, 2.75) is 25.3 Å². The molecule has 2 fully saturated rings. The van der Waals surface area contributed by atoms with E-state index in [1.165, 1.54) is 24.8 Å². The summed E-state index contributed by atoms with van der Waals surface area (Å²) >= 11 is 0. The van der Waals surface area contributed by atoms with Crippen LogP contribution in [0.2, 0.25) is 0 Å². The van der Waals surface area contributed by atoms with Crippen molar-refractivity contribution < 1.29 is 0 Å². The molecule has 2 aliphatic rings. The Bertz CT molecular complexity index is 307. The van der Waals surface area contributed by atoms with Gasteiger partial charge >= 0.3 is 0 Å². The maximum absolute atomic E-state index is 5.93. The summed E-state index contributed by atoms with van der Waals surface area (Å²) in [7, 11) is 0. The van der Waals surface area contributed by atoms with Gasteiger partial charge in [-0.3, -0.25) is 0 Å². The summed E-state index contributed by atoms with van der Waals surface area (Å²) in [4.78, 5) is 0. The van der Waals surface area contributed by atoms with E-state index in [-0.39, 0.29) is 0 Å². The molecule has 0 amide bonds. The Labute approximate surface area is 85.3 Å². The van der Waals surface area contributed by atoms with E-state index in [0.29, 0.717) is 6.04 Å². The Morgan fingerprint density at radius 3 is 2.36 bits per heavy atom. The van der Waals surface area contributed by atoms with Gasteiger partial charge in [0.2, 0.25) is 0 Å². The minimum Gasteiger partial charge on any atom is -0.327 e. The maximum atomic E-state index is 5.93. The highest BCUT2D eigenvalue weighted by molar-refractivity contribution is 5.17. The van der Waals surface area contributed by atoms with Crippen LogP contribution in [0.1, 0.15) is 18.4 Å². The van der Waals surface area contributed by atoms with Gasteiger partial charge in [-0.05, 0) is 42.6 Å². The summed E-state index contributed by atoms with van der Waals surface area (Å²) in [6, 6.07) is 11.4. The first kappa shape index (κ1) is 8.49. The molecule has 2 saturated carbocycles. The highest BCUT2D eigenvalue weighted by atomic mass is 14.8. The predicted octanol–water partition coefficient (Wildman–Crippen LogP) is 2.21. The number of nitrogens with two attached hydrogens (primary N) is 1. The molecule has 4 atom stereocenters. The zero-order valence-electron chi connectivity index (χ0n) is 8.39. The van der Waals surface area contributed by atoms with Gasteiger partial charge in [-0.25, -0.2) is 0 Å². The average molecular weight is 187 g/mol. The van der Waals surface area contributed by atoms with E-state index < -0.39 is 0 Å². The van der Waals surface area contributed by atoms with Gasteiger partial charge in [-0.1, -0.05) is 30.3 Å². The molecule has 0 bridgehead atoms. The van der Waals surface area contributed by atoms with Crippen LogP contribution in [0.5, 0.6) is 0 Å². The molecule has 2 aliphatic carbocycles. The number of hydrogen-bond donors (Lipinski definition) is 1.